The van der Waals surface area contributed by atoms with Gasteiger partial charge in [0, 0.05) is 17.1 Å². The van der Waals surface area contributed by atoms with Crippen molar-refractivity contribution in [1.82, 2.24) is 0 Å². The van der Waals surface area contributed by atoms with Crippen LogP contribution in [0.2, 0.25) is 0 Å². The highest BCUT2D eigenvalue weighted by Crippen LogP contribution is 2.35. The summed E-state index contributed by atoms with van der Waals surface area (Å²) in [5.74, 6) is -2.47. The Balaban J connectivity index is 2.76. The fourth-order valence-electron chi connectivity index (χ4n) is 2.20. The molecular weight excluding hydrogens is 264 g/mol. The number of aliphatic carboxylic acids is 2. The minimum absolute atomic E-state index is 0.125. The van der Waals surface area contributed by atoms with E-state index < -0.39 is 17.4 Å². The molecular formula is C14H22O6. The van der Waals surface area contributed by atoms with Gasteiger partial charge in [0.05, 0.1) is 13.2 Å². The lowest BCUT2D eigenvalue weighted by Gasteiger charge is -2.39. The summed E-state index contributed by atoms with van der Waals surface area (Å²) >= 11 is 0. The average Bonchev–Trinajstić information content (AvgIpc) is 2.40. The van der Waals surface area contributed by atoms with Gasteiger partial charge in [0.15, 0.2) is 6.29 Å². The van der Waals surface area contributed by atoms with Crippen LogP contribution in [-0.2, 0) is 19.1 Å². The maximum atomic E-state index is 11.1. The molecule has 0 aromatic heterocycles. The lowest BCUT2D eigenvalue weighted by molar-refractivity contribution is -0.232. The van der Waals surface area contributed by atoms with E-state index in [9.17, 15) is 9.59 Å². The van der Waals surface area contributed by atoms with Crippen LogP contribution in [0.15, 0.2) is 11.6 Å². The molecule has 0 atom stereocenters. The Labute approximate surface area is 118 Å². The maximum Gasteiger partial charge on any atom is 0.331 e. The quantitative estimate of drug-likeness (QED) is 0.696. The van der Waals surface area contributed by atoms with Crippen molar-refractivity contribution in [2.45, 2.75) is 45.8 Å². The van der Waals surface area contributed by atoms with Crippen molar-refractivity contribution in [3.63, 3.8) is 0 Å². The Hall–Kier alpha value is -1.40. The molecule has 1 saturated heterocycles. The summed E-state index contributed by atoms with van der Waals surface area (Å²) in [6.07, 6.45) is 3.05. The maximum absolute atomic E-state index is 11.1. The van der Waals surface area contributed by atoms with Crippen LogP contribution in [-0.4, -0.2) is 41.7 Å². The molecule has 0 unspecified atom stereocenters. The van der Waals surface area contributed by atoms with Crippen molar-refractivity contribution in [3.05, 3.63) is 11.6 Å². The standard InChI is InChI=1S/C14H22O6/c1-3-5-12-19-8-14(4-2,9-20-12)7-10(13(17)18)6-11(15)16/h6,12H,3-5,7-9H2,1-2H3,(H,15,16)(H,17,18). The monoisotopic (exact) mass is 286 g/mol. The fourth-order valence-corrected chi connectivity index (χ4v) is 2.20. The van der Waals surface area contributed by atoms with Crippen molar-refractivity contribution < 1.29 is 29.3 Å². The third kappa shape index (κ3) is 4.61. The van der Waals surface area contributed by atoms with Gasteiger partial charge in [-0.05, 0) is 19.3 Å². The van der Waals surface area contributed by atoms with Crippen LogP contribution in [0, 0.1) is 5.41 Å². The Kier molecular flexibility index (Phi) is 6.16. The molecule has 0 aromatic carbocycles. The first-order valence-corrected chi connectivity index (χ1v) is 6.82. The Morgan fingerprint density at radius 2 is 1.85 bits per heavy atom. The highest BCUT2D eigenvalue weighted by atomic mass is 16.7. The SMILES string of the molecule is CCCC1OCC(CC)(CC(=CC(=O)O)C(=O)O)CO1. The molecule has 0 saturated carbocycles. The van der Waals surface area contributed by atoms with Gasteiger partial charge in [-0.3, -0.25) is 0 Å². The van der Waals surface area contributed by atoms with Crippen LogP contribution < -0.4 is 0 Å². The zero-order chi connectivity index (χ0) is 15.2. The van der Waals surface area contributed by atoms with E-state index in [-0.39, 0.29) is 18.3 Å². The molecule has 1 aliphatic heterocycles. The second kappa shape index (κ2) is 7.40. The zero-order valence-electron chi connectivity index (χ0n) is 11.9. The smallest absolute Gasteiger partial charge is 0.331 e. The molecule has 0 aliphatic carbocycles. The number of carbonyl (C=O) groups is 2. The van der Waals surface area contributed by atoms with Crippen LogP contribution in [0.4, 0.5) is 0 Å². The average molecular weight is 286 g/mol. The molecule has 0 aromatic rings. The summed E-state index contributed by atoms with van der Waals surface area (Å²) in [5, 5.41) is 17.8. The van der Waals surface area contributed by atoms with Crippen molar-refractivity contribution in [2.24, 2.45) is 5.41 Å². The van der Waals surface area contributed by atoms with E-state index in [0.29, 0.717) is 19.6 Å². The Morgan fingerprint density at radius 3 is 2.25 bits per heavy atom. The number of carboxylic acids is 2. The van der Waals surface area contributed by atoms with E-state index in [1.165, 1.54) is 0 Å². The van der Waals surface area contributed by atoms with Crippen molar-refractivity contribution >= 4 is 11.9 Å². The third-order valence-corrected chi connectivity index (χ3v) is 3.56. The van der Waals surface area contributed by atoms with Gasteiger partial charge in [-0.15, -0.1) is 0 Å². The predicted molar refractivity (Wildman–Crippen MR) is 71.3 cm³/mol. The van der Waals surface area contributed by atoms with Gasteiger partial charge in [0.1, 0.15) is 0 Å². The van der Waals surface area contributed by atoms with Crippen molar-refractivity contribution in [3.8, 4) is 0 Å². The molecule has 6 nitrogen and oxygen atoms in total. The van der Waals surface area contributed by atoms with Crippen LogP contribution in [0.5, 0.6) is 0 Å². The second-order valence-corrected chi connectivity index (χ2v) is 5.18. The van der Waals surface area contributed by atoms with Gasteiger partial charge < -0.3 is 19.7 Å². The minimum atomic E-state index is -1.25. The molecule has 114 valence electrons. The molecule has 20 heavy (non-hydrogen) atoms. The molecule has 1 fully saturated rings. The van der Waals surface area contributed by atoms with E-state index in [4.69, 9.17) is 19.7 Å². The first-order valence-electron chi connectivity index (χ1n) is 6.82. The molecule has 1 rings (SSSR count). The fraction of sp³-hybridized carbons (Fsp3) is 0.714. The third-order valence-electron chi connectivity index (χ3n) is 3.56. The Bertz CT molecular complexity index is 379. The lowest BCUT2D eigenvalue weighted by Crippen LogP contribution is -2.42. The Morgan fingerprint density at radius 1 is 1.25 bits per heavy atom. The lowest BCUT2D eigenvalue weighted by atomic mass is 9.79. The number of hydrogen-bond donors (Lipinski definition) is 2. The van der Waals surface area contributed by atoms with Crippen LogP contribution in [0.1, 0.15) is 39.5 Å². The minimum Gasteiger partial charge on any atom is -0.478 e. The van der Waals surface area contributed by atoms with E-state index >= 15 is 0 Å². The van der Waals surface area contributed by atoms with Gasteiger partial charge in [0.2, 0.25) is 0 Å². The number of ether oxygens (including phenoxy) is 2. The summed E-state index contributed by atoms with van der Waals surface area (Å²) in [6, 6.07) is 0. The van der Waals surface area contributed by atoms with E-state index in [0.717, 1.165) is 18.9 Å². The molecule has 2 N–H and O–H groups in total. The molecule has 1 aliphatic rings. The summed E-state index contributed by atoms with van der Waals surface area (Å²) < 4.78 is 11.2. The number of carboxylic acid groups (broad SMARTS) is 2. The van der Waals surface area contributed by atoms with Crippen molar-refractivity contribution in [1.29, 1.82) is 0 Å². The molecule has 0 spiro atoms. The van der Waals surface area contributed by atoms with E-state index in [1.54, 1.807) is 0 Å². The molecule has 1 heterocycles. The van der Waals surface area contributed by atoms with Gasteiger partial charge in [0.25, 0.3) is 0 Å². The largest absolute Gasteiger partial charge is 0.478 e. The second-order valence-electron chi connectivity index (χ2n) is 5.18. The molecule has 6 heteroatoms. The van der Waals surface area contributed by atoms with Gasteiger partial charge in [-0.1, -0.05) is 20.3 Å². The van der Waals surface area contributed by atoms with E-state index in [2.05, 4.69) is 0 Å². The summed E-state index contributed by atoms with van der Waals surface area (Å²) in [4.78, 5) is 21.8. The van der Waals surface area contributed by atoms with Crippen LogP contribution in [0.3, 0.4) is 0 Å². The normalized spacial score (nSPS) is 27.3. The van der Waals surface area contributed by atoms with Crippen LogP contribution >= 0.6 is 0 Å². The highest BCUT2D eigenvalue weighted by Gasteiger charge is 2.37. The van der Waals surface area contributed by atoms with Crippen LogP contribution in [0.25, 0.3) is 0 Å². The first-order chi connectivity index (χ1) is 9.42. The number of rotatable bonds is 7. The van der Waals surface area contributed by atoms with Gasteiger partial charge in [-0.2, -0.15) is 0 Å². The summed E-state index contributed by atoms with van der Waals surface area (Å²) in [6.45, 7) is 4.73. The summed E-state index contributed by atoms with van der Waals surface area (Å²) in [7, 11) is 0. The highest BCUT2D eigenvalue weighted by molar-refractivity contribution is 5.94. The molecule has 0 bridgehead atoms. The first kappa shape index (κ1) is 16.7. The van der Waals surface area contributed by atoms with Gasteiger partial charge >= 0.3 is 11.9 Å². The predicted octanol–water partition coefficient (Wildman–Crippen LogP) is 2.04. The van der Waals surface area contributed by atoms with Gasteiger partial charge in [-0.25, -0.2) is 9.59 Å². The number of hydrogen-bond acceptors (Lipinski definition) is 4. The molecule has 0 amide bonds. The van der Waals surface area contributed by atoms with Crippen molar-refractivity contribution in [2.75, 3.05) is 13.2 Å². The summed E-state index contributed by atoms with van der Waals surface area (Å²) in [5.41, 5.74) is -0.593. The molecule has 0 radical (unpaired) electrons. The topological polar surface area (TPSA) is 93.1 Å². The zero-order valence-corrected chi connectivity index (χ0v) is 11.9. The van der Waals surface area contributed by atoms with E-state index in [1.807, 2.05) is 13.8 Å².